The third-order valence-corrected chi connectivity index (χ3v) is 5.12. The van der Waals surface area contributed by atoms with Crippen LogP contribution < -0.4 is 0 Å². The average Bonchev–Trinajstić information content (AvgIpc) is 2.16. The molecular formula is C7H14BrNO4S. The van der Waals surface area contributed by atoms with Gasteiger partial charge in [-0.1, -0.05) is 15.9 Å². The second-order valence-corrected chi connectivity index (χ2v) is 6.56. The number of halogens is 1. The number of alkyl halides is 1. The van der Waals surface area contributed by atoms with E-state index in [9.17, 15) is 8.42 Å². The van der Waals surface area contributed by atoms with Gasteiger partial charge < -0.3 is 9.84 Å². The van der Waals surface area contributed by atoms with Crippen molar-refractivity contribution in [1.29, 1.82) is 0 Å². The number of aliphatic hydroxyl groups is 1. The number of nitrogens with zero attached hydrogens (tertiary/aromatic N) is 1. The third kappa shape index (κ3) is 2.90. The molecule has 1 aliphatic heterocycles. The van der Waals surface area contributed by atoms with Crippen LogP contribution in [0.4, 0.5) is 0 Å². The quantitative estimate of drug-likeness (QED) is 0.727. The minimum Gasteiger partial charge on any atom is -0.394 e. The van der Waals surface area contributed by atoms with Crippen molar-refractivity contribution in [2.24, 2.45) is 0 Å². The second kappa shape index (κ2) is 4.89. The highest BCUT2D eigenvalue weighted by atomic mass is 79.9. The molecule has 0 spiro atoms. The predicted molar refractivity (Wildman–Crippen MR) is 55.7 cm³/mol. The first-order valence-corrected chi connectivity index (χ1v) is 7.02. The van der Waals surface area contributed by atoms with Crippen LogP contribution in [-0.4, -0.2) is 54.4 Å². The zero-order valence-corrected chi connectivity index (χ0v) is 10.3. The third-order valence-electron chi connectivity index (χ3n) is 2.03. The Balaban J connectivity index is 2.71. The van der Waals surface area contributed by atoms with Gasteiger partial charge in [-0.15, -0.1) is 0 Å². The fourth-order valence-electron chi connectivity index (χ4n) is 1.40. The Bertz CT molecular complexity index is 281. The van der Waals surface area contributed by atoms with Gasteiger partial charge in [-0.3, -0.25) is 0 Å². The van der Waals surface area contributed by atoms with Gasteiger partial charge in [-0.25, -0.2) is 8.42 Å². The average molecular weight is 288 g/mol. The Kier molecular flexibility index (Phi) is 4.32. The van der Waals surface area contributed by atoms with Crippen molar-refractivity contribution in [2.75, 3.05) is 24.4 Å². The molecule has 2 atom stereocenters. The van der Waals surface area contributed by atoms with Crippen molar-refractivity contribution >= 4 is 26.0 Å². The summed E-state index contributed by atoms with van der Waals surface area (Å²) in [5.74, 6) is 0. The Labute approximate surface area is 92.2 Å². The van der Waals surface area contributed by atoms with E-state index in [-0.39, 0.29) is 23.9 Å². The van der Waals surface area contributed by atoms with E-state index in [1.807, 2.05) is 0 Å². The Morgan fingerprint density at radius 3 is 2.71 bits per heavy atom. The summed E-state index contributed by atoms with van der Waals surface area (Å²) >= 11 is 2.94. The number of hydrogen-bond donors (Lipinski definition) is 1. The molecule has 0 aromatic heterocycles. The fourth-order valence-corrected chi connectivity index (χ4v) is 3.24. The van der Waals surface area contributed by atoms with Crippen molar-refractivity contribution < 1.29 is 18.3 Å². The van der Waals surface area contributed by atoms with Gasteiger partial charge >= 0.3 is 0 Å². The number of aliphatic hydroxyl groups excluding tert-OH is 1. The summed E-state index contributed by atoms with van der Waals surface area (Å²) in [5, 5.41) is 8.91. The number of hydrogen-bond acceptors (Lipinski definition) is 4. The summed E-state index contributed by atoms with van der Waals surface area (Å²) in [4.78, 5) is 0. The maximum absolute atomic E-state index is 11.5. The summed E-state index contributed by atoms with van der Waals surface area (Å²) < 4.78 is 29.6. The molecule has 5 nitrogen and oxygen atoms in total. The molecule has 0 saturated carbocycles. The molecular weight excluding hydrogens is 274 g/mol. The van der Waals surface area contributed by atoms with Crippen LogP contribution in [0.3, 0.4) is 0 Å². The smallest absolute Gasteiger partial charge is 0.224 e. The van der Waals surface area contributed by atoms with Gasteiger partial charge in [0.2, 0.25) is 10.0 Å². The van der Waals surface area contributed by atoms with Crippen molar-refractivity contribution in [1.82, 2.24) is 4.31 Å². The predicted octanol–water partition coefficient (Wildman–Crippen LogP) is -0.250. The summed E-state index contributed by atoms with van der Waals surface area (Å²) in [6, 6.07) is 0. The van der Waals surface area contributed by atoms with E-state index in [1.165, 1.54) is 4.31 Å². The minimum atomic E-state index is -3.24. The number of ether oxygens (including phenoxy) is 1. The van der Waals surface area contributed by atoms with E-state index in [2.05, 4.69) is 15.9 Å². The molecule has 0 radical (unpaired) electrons. The first-order chi connectivity index (χ1) is 6.49. The standard InChI is InChI=1S/C7H14BrNO4S/c1-6-2-9(14(11,12)5-8)3-7(4-10)13-6/h6-7,10H,2-5H2,1H3. The van der Waals surface area contributed by atoms with Crippen LogP contribution in [0, 0.1) is 0 Å². The second-order valence-electron chi connectivity index (χ2n) is 3.29. The van der Waals surface area contributed by atoms with Crippen molar-refractivity contribution in [3.8, 4) is 0 Å². The van der Waals surface area contributed by atoms with Gasteiger partial charge in [-0.2, -0.15) is 4.31 Å². The van der Waals surface area contributed by atoms with Crippen molar-refractivity contribution in [3.63, 3.8) is 0 Å². The Morgan fingerprint density at radius 1 is 1.57 bits per heavy atom. The molecule has 1 rings (SSSR count). The highest BCUT2D eigenvalue weighted by Crippen LogP contribution is 2.15. The van der Waals surface area contributed by atoms with E-state index in [4.69, 9.17) is 9.84 Å². The largest absolute Gasteiger partial charge is 0.394 e. The highest BCUT2D eigenvalue weighted by molar-refractivity contribution is 9.10. The summed E-state index contributed by atoms with van der Waals surface area (Å²) in [5.41, 5.74) is 0. The molecule has 7 heteroatoms. The van der Waals surface area contributed by atoms with Crippen LogP contribution in [-0.2, 0) is 14.8 Å². The van der Waals surface area contributed by atoms with Crippen LogP contribution >= 0.6 is 15.9 Å². The monoisotopic (exact) mass is 287 g/mol. The molecule has 0 aromatic rings. The molecule has 2 unspecified atom stereocenters. The molecule has 1 heterocycles. The molecule has 1 fully saturated rings. The molecule has 1 aliphatic rings. The van der Waals surface area contributed by atoms with E-state index >= 15 is 0 Å². The lowest BCUT2D eigenvalue weighted by Crippen LogP contribution is -2.50. The van der Waals surface area contributed by atoms with Gasteiger partial charge in [0.15, 0.2) is 0 Å². The number of rotatable bonds is 3. The summed E-state index contributed by atoms with van der Waals surface area (Å²) in [7, 11) is -3.24. The lowest BCUT2D eigenvalue weighted by atomic mass is 10.2. The normalized spacial score (nSPS) is 30.5. The summed E-state index contributed by atoms with van der Waals surface area (Å²) in [6.45, 7) is 2.22. The van der Waals surface area contributed by atoms with E-state index in [1.54, 1.807) is 6.92 Å². The van der Waals surface area contributed by atoms with Crippen molar-refractivity contribution in [2.45, 2.75) is 19.1 Å². The van der Waals surface area contributed by atoms with Gasteiger partial charge in [0.1, 0.15) is 4.66 Å². The maximum atomic E-state index is 11.5. The van der Waals surface area contributed by atoms with E-state index in [0.29, 0.717) is 6.54 Å². The Morgan fingerprint density at radius 2 is 2.21 bits per heavy atom. The molecule has 14 heavy (non-hydrogen) atoms. The van der Waals surface area contributed by atoms with E-state index in [0.717, 1.165) is 0 Å². The SMILES string of the molecule is CC1CN(S(=O)(=O)CBr)CC(CO)O1. The molecule has 0 bridgehead atoms. The molecule has 84 valence electrons. The van der Waals surface area contributed by atoms with Crippen LogP contribution in [0.1, 0.15) is 6.92 Å². The topological polar surface area (TPSA) is 66.8 Å². The first kappa shape index (κ1) is 12.4. The van der Waals surface area contributed by atoms with Gasteiger partial charge in [0.05, 0.1) is 18.8 Å². The minimum absolute atomic E-state index is 0.0924. The highest BCUT2D eigenvalue weighted by Gasteiger charge is 2.31. The maximum Gasteiger partial charge on any atom is 0.224 e. The van der Waals surface area contributed by atoms with Crippen molar-refractivity contribution in [3.05, 3.63) is 0 Å². The lowest BCUT2D eigenvalue weighted by Gasteiger charge is -2.34. The van der Waals surface area contributed by atoms with Crippen LogP contribution in [0.2, 0.25) is 0 Å². The van der Waals surface area contributed by atoms with Crippen LogP contribution in [0.25, 0.3) is 0 Å². The fraction of sp³-hybridized carbons (Fsp3) is 1.00. The zero-order valence-electron chi connectivity index (χ0n) is 7.89. The first-order valence-electron chi connectivity index (χ1n) is 4.29. The lowest BCUT2D eigenvalue weighted by molar-refractivity contribution is -0.0749. The van der Waals surface area contributed by atoms with Gasteiger partial charge in [0.25, 0.3) is 0 Å². The number of sulfonamides is 1. The summed E-state index contributed by atoms with van der Waals surface area (Å²) in [6.07, 6.45) is -0.581. The van der Waals surface area contributed by atoms with Gasteiger partial charge in [0, 0.05) is 13.1 Å². The van der Waals surface area contributed by atoms with Gasteiger partial charge in [-0.05, 0) is 6.92 Å². The van der Waals surface area contributed by atoms with E-state index < -0.39 is 16.1 Å². The van der Waals surface area contributed by atoms with Crippen LogP contribution in [0.15, 0.2) is 0 Å². The molecule has 0 aliphatic carbocycles. The number of morpholine rings is 1. The zero-order chi connectivity index (χ0) is 10.8. The van der Waals surface area contributed by atoms with Crippen LogP contribution in [0.5, 0.6) is 0 Å². The molecule has 0 aromatic carbocycles. The molecule has 0 amide bonds. The Hall–Kier alpha value is 0.310. The molecule has 1 N–H and O–H groups in total. The molecule has 1 saturated heterocycles.